The van der Waals surface area contributed by atoms with Crippen LogP contribution in [0.25, 0.3) is 11.0 Å². The Labute approximate surface area is 153 Å². The van der Waals surface area contributed by atoms with Crippen molar-refractivity contribution in [1.82, 2.24) is 15.3 Å². The highest BCUT2D eigenvalue weighted by molar-refractivity contribution is 5.83. The lowest BCUT2D eigenvalue weighted by atomic mass is 9.94. The lowest BCUT2D eigenvalue weighted by Gasteiger charge is -2.21. The van der Waals surface area contributed by atoms with E-state index >= 15 is 0 Å². The molecule has 1 saturated heterocycles. The number of hydrogen-bond donors (Lipinski definition) is 6. The Morgan fingerprint density at radius 3 is 2.30 bits per heavy atom. The van der Waals surface area contributed by atoms with Crippen LogP contribution in [0, 0.1) is 11.7 Å². The van der Waals surface area contributed by atoms with Crippen molar-refractivity contribution in [3.8, 4) is 0 Å². The van der Waals surface area contributed by atoms with Gasteiger partial charge in [-0.15, -0.1) is 0 Å². The molecule has 2 unspecified atom stereocenters. The van der Waals surface area contributed by atoms with Crippen molar-refractivity contribution in [3.05, 3.63) is 29.8 Å². The molecule has 0 bridgehead atoms. The number of imidazole rings is 1. The minimum atomic E-state index is -2.27. The minimum absolute atomic E-state index is 0.225. The third-order valence-corrected chi connectivity index (χ3v) is 4.24. The molecule has 27 heavy (non-hydrogen) atoms. The number of hydrogen-bond acceptors (Lipinski definition) is 6. The number of aliphatic hydroxyl groups excluding tert-OH is 2. The van der Waals surface area contributed by atoms with Crippen molar-refractivity contribution in [3.63, 3.8) is 0 Å². The van der Waals surface area contributed by atoms with Gasteiger partial charge < -0.3 is 30.7 Å². The second-order valence-corrected chi connectivity index (χ2v) is 6.31. The molecule has 10 heteroatoms. The molecule has 0 aliphatic carbocycles. The molecule has 0 spiro atoms. The summed E-state index contributed by atoms with van der Waals surface area (Å²) in [7, 11) is 0. The molecule has 0 radical (unpaired) electrons. The smallest absolute Gasteiger partial charge is 0.335 e. The number of carboxylic acids is 2. The molecule has 6 N–H and O–H groups in total. The molecule has 2 atom stereocenters. The number of carbonyl (C=O) groups is 2. The van der Waals surface area contributed by atoms with E-state index in [1.807, 2.05) is 0 Å². The third kappa shape index (κ3) is 5.98. The molecule has 0 amide bonds. The minimum Gasteiger partial charge on any atom is -0.479 e. The first-order valence-electron chi connectivity index (χ1n) is 8.44. The fourth-order valence-electron chi connectivity index (χ4n) is 2.76. The molecular weight excluding hydrogens is 361 g/mol. The number of halogens is 1. The van der Waals surface area contributed by atoms with E-state index in [-0.39, 0.29) is 5.82 Å². The van der Waals surface area contributed by atoms with Gasteiger partial charge in [0.1, 0.15) is 11.6 Å². The average molecular weight is 383 g/mol. The third-order valence-electron chi connectivity index (χ3n) is 4.24. The van der Waals surface area contributed by atoms with Gasteiger partial charge in [0.2, 0.25) is 0 Å². The highest BCUT2D eigenvalue weighted by Gasteiger charge is 2.29. The second-order valence-electron chi connectivity index (χ2n) is 6.31. The molecule has 3 rings (SSSR count). The Balaban J connectivity index is 0.000000227. The molecule has 1 aromatic carbocycles. The first-order valence-corrected chi connectivity index (χ1v) is 8.44. The van der Waals surface area contributed by atoms with E-state index in [0.29, 0.717) is 5.92 Å². The number of aliphatic hydroxyl groups is 2. The molecule has 0 saturated carbocycles. The number of aromatic amines is 1. The van der Waals surface area contributed by atoms with E-state index < -0.39 is 24.1 Å². The Kier molecular flexibility index (Phi) is 7.22. The lowest BCUT2D eigenvalue weighted by molar-refractivity contribution is -0.165. The zero-order valence-electron chi connectivity index (χ0n) is 14.4. The van der Waals surface area contributed by atoms with E-state index in [9.17, 15) is 14.0 Å². The fraction of sp³-hybridized carbons (Fsp3) is 0.471. The number of fused-ring (bicyclic) bond motifs is 1. The molecule has 2 heterocycles. The summed E-state index contributed by atoms with van der Waals surface area (Å²) in [6.07, 6.45) is -1.16. The predicted octanol–water partition coefficient (Wildman–Crippen LogP) is 0.121. The average Bonchev–Trinajstić information content (AvgIpc) is 3.02. The van der Waals surface area contributed by atoms with Gasteiger partial charge in [-0.25, -0.2) is 19.0 Å². The molecule has 1 fully saturated rings. The van der Waals surface area contributed by atoms with Crippen molar-refractivity contribution in [2.75, 3.05) is 13.1 Å². The normalized spacial score (nSPS) is 17.0. The molecule has 148 valence electrons. The Morgan fingerprint density at radius 1 is 1.15 bits per heavy atom. The van der Waals surface area contributed by atoms with Crippen LogP contribution in [0.15, 0.2) is 18.2 Å². The van der Waals surface area contributed by atoms with Gasteiger partial charge in [-0.3, -0.25) is 0 Å². The standard InChI is InChI=1S/C13H16FN3.C4H6O6/c14-10-1-2-11-12(8-10)17-13(16-11)7-9-3-5-15-6-4-9;5-1(3(7)8)2(6)4(9)10/h1-2,8-9,15H,3-7H2,(H,16,17);1-2,5-6H,(H,7,8)(H,9,10). The van der Waals surface area contributed by atoms with Crippen LogP contribution < -0.4 is 5.32 Å². The summed E-state index contributed by atoms with van der Waals surface area (Å²) in [5, 5.41) is 35.9. The number of rotatable bonds is 5. The number of aromatic nitrogens is 2. The van der Waals surface area contributed by atoms with E-state index in [2.05, 4.69) is 15.3 Å². The van der Waals surface area contributed by atoms with Crippen molar-refractivity contribution in [2.24, 2.45) is 5.92 Å². The van der Waals surface area contributed by atoms with Crippen LogP contribution >= 0.6 is 0 Å². The monoisotopic (exact) mass is 383 g/mol. The predicted molar refractivity (Wildman–Crippen MR) is 92.6 cm³/mol. The molecular formula is C17H22FN3O6. The first-order chi connectivity index (χ1) is 12.8. The summed E-state index contributed by atoms with van der Waals surface area (Å²) in [5.74, 6) is -2.08. The van der Waals surface area contributed by atoms with Gasteiger partial charge in [0, 0.05) is 12.5 Å². The number of aliphatic carboxylic acids is 2. The Bertz CT molecular complexity index is 772. The van der Waals surface area contributed by atoms with Crippen LogP contribution in [-0.4, -0.2) is 67.6 Å². The second kappa shape index (κ2) is 9.40. The van der Waals surface area contributed by atoms with Crippen molar-refractivity contribution >= 4 is 23.0 Å². The lowest BCUT2D eigenvalue weighted by Crippen LogP contribution is -2.39. The topological polar surface area (TPSA) is 156 Å². The summed E-state index contributed by atoms with van der Waals surface area (Å²) < 4.78 is 13.0. The number of benzene rings is 1. The van der Waals surface area contributed by atoms with E-state index in [1.54, 1.807) is 6.07 Å². The largest absolute Gasteiger partial charge is 0.479 e. The summed E-state index contributed by atoms with van der Waals surface area (Å²) in [6.45, 7) is 2.19. The Morgan fingerprint density at radius 2 is 1.74 bits per heavy atom. The van der Waals surface area contributed by atoms with Gasteiger partial charge in [-0.2, -0.15) is 0 Å². The maximum absolute atomic E-state index is 13.0. The van der Waals surface area contributed by atoms with Gasteiger partial charge >= 0.3 is 11.9 Å². The van der Waals surface area contributed by atoms with Crippen molar-refractivity contribution < 1.29 is 34.4 Å². The SMILES string of the molecule is Fc1ccc2[nH]c(CC3CCNCC3)nc2c1.O=C(O)C(O)C(O)C(=O)O. The van der Waals surface area contributed by atoms with Gasteiger partial charge in [-0.1, -0.05) is 0 Å². The van der Waals surface area contributed by atoms with Gasteiger partial charge in [0.15, 0.2) is 12.2 Å². The molecule has 1 aliphatic rings. The number of nitrogens with zero attached hydrogens (tertiary/aromatic N) is 1. The molecule has 2 aromatic rings. The van der Waals surface area contributed by atoms with E-state index in [0.717, 1.165) is 36.4 Å². The summed E-state index contributed by atoms with van der Waals surface area (Å²) in [4.78, 5) is 27.3. The molecule has 1 aliphatic heterocycles. The van der Waals surface area contributed by atoms with Crippen LogP contribution in [0.2, 0.25) is 0 Å². The van der Waals surface area contributed by atoms with Gasteiger partial charge in [0.05, 0.1) is 11.0 Å². The maximum Gasteiger partial charge on any atom is 0.335 e. The molecule has 9 nitrogen and oxygen atoms in total. The van der Waals surface area contributed by atoms with Crippen LogP contribution in [0.3, 0.4) is 0 Å². The number of nitrogens with one attached hydrogen (secondary N) is 2. The summed E-state index contributed by atoms with van der Waals surface area (Å²) in [6, 6.07) is 4.70. The first kappa shape index (κ1) is 20.7. The van der Waals surface area contributed by atoms with Gasteiger partial charge in [0.25, 0.3) is 0 Å². The Hall–Kier alpha value is -2.56. The van der Waals surface area contributed by atoms with Crippen molar-refractivity contribution in [1.29, 1.82) is 0 Å². The maximum atomic E-state index is 13.0. The quantitative estimate of drug-likeness (QED) is 0.425. The highest BCUT2D eigenvalue weighted by Crippen LogP contribution is 2.19. The zero-order valence-corrected chi connectivity index (χ0v) is 14.4. The van der Waals surface area contributed by atoms with Crippen LogP contribution in [0.1, 0.15) is 18.7 Å². The summed E-state index contributed by atoms with van der Waals surface area (Å²) in [5.41, 5.74) is 1.66. The van der Waals surface area contributed by atoms with Crippen LogP contribution in [-0.2, 0) is 16.0 Å². The van der Waals surface area contributed by atoms with E-state index in [4.69, 9.17) is 20.4 Å². The van der Waals surface area contributed by atoms with Crippen molar-refractivity contribution in [2.45, 2.75) is 31.5 Å². The van der Waals surface area contributed by atoms with Crippen LogP contribution in [0.4, 0.5) is 4.39 Å². The molecule has 1 aromatic heterocycles. The van der Waals surface area contributed by atoms with E-state index in [1.165, 1.54) is 25.0 Å². The number of carboxylic acid groups (broad SMARTS) is 2. The zero-order chi connectivity index (χ0) is 20.0. The highest BCUT2D eigenvalue weighted by atomic mass is 19.1. The summed E-state index contributed by atoms with van der Waals surface area (Å²) >= 11 is 0. The number of H-pyrrole nitrogens is 1. The van der Waals surface area contributed by atoms with Crippen LogP contribution in [0.5, 0.6) is 0 Å². The van der Waals surface area contributed by atoms with Gasteiger partial charge in [-0.05, 0) is 44.0 Å². The number of piperidine rings is 1. The fourth-order valence-corrected chi connectivity index (χ4v) is 2.76.